The Morgan fingerprint density at radius 2 is 1.82 bits per heavy atom. The van der Waals surface area contributed by atoms with Crippen molar-refractivity contribution in [1.82, 2.24) is 9.80 Å². The number of amides is 1. The Bertz CT molecular complexity index is 1250. The molecular formula is C30H43N3O6S. The standard InChI is InChI=1S/C30H43N3O6S/c1-21-17-33(22(2)20-34)30(35)27-16-24(31-40(36,37)26-13-11-25(38-4)12-14-26)10-15-28(27)39-29(21)19-32(3)18-23-8-6-5-7-9-23/h10-16,21-23,29,31,34H,5-9,17-20H2,1-4H3/t21-,22+,29-/m0/s1. The molecule has 0 radical (unpaired) electrons. The number of benzene rings is 2. The summed E-state index contributed by atoms with van der Waals surface area (Å²) < 4.78 is 40.3. The predicted octanol–water partition coefficient (Wildman–Crippen LogP) is 4.23. The molecule has 0 spiro atoms. The maximum atomic E-state index is 13.7. The summed E-state index contributed by atoms with van der Waals surface area (Å²) in [4.78, 5) is 17.8. The predicted molar refractivity (Wildman–Crippen MR) is 155 cm³/mol. The Labute approximate surface area is 238 Å². The lowest BCUT2D eigenvalue weighted by Gasteiger charge is -2.38. The second-order valence-corrected chi connectivity index (χ2v) is 13.0. The molecule has 220 valence electrons. The first-order valence-electron chi connectivity index (χ1n) is 14.2. The van der Waals surface area contributed by atoms with E-state index in [4.69, 9.17) is 9.47 Å². The molecule has 0 bridgehead atoms. The van der Waals surface area contributed by atoms with Crippen LogP contribution < -0.4 is 14.2 Å². The van der Waals surface area contributed by atoms with Gasteiger partial charge in [0.05, 0.1) is 30.2 Å². The van der Waals surface area contributed by atoms with Gasteiger partial charge in [-0.15, -0.1) is 0 Å². The number of hydrogen-bond donors (Lipinski definition) is 2. The number of likely N-dealkylation sites (N-methyl/N-ethyl adjacent to an activating group) is 1. The molecule has 0 aromatic heterocycles. The number of hydrogen-bond acceptors (Lipinski definition) is 7. The zero-order valence-electron chi connectivity index (χ0n) is 24.0. The van der Waals surface area contributed by atoms with E-state index in [0.29, 0.717) is 30.5 Å². The number of ether oxygens (including phenoxy) is 2. The number of aliphatic hydroxyl groups excluding tert-OH is 1. The molecule has 0 unspecified atom stereocenters. The van der Waals surface area contributed by atoms with Crippen molar-refractivity contribution in [3.8, 4) is 11.5 Å². The minimum Gasteiger partial charge on any atom is -0.497 e. The molecule has 9 nitrogen and oxygen atoms in total. The fraction of sp³-hybridized carbons (Fsp3) is 0.567. The van der Waals surface area contributed by atoms with Crippen LogP contribution in [0.15, 0.2) is 47.4 Å². The van der Waals surface area contributed by atoms with E-state index >= 15 is 0 Å². The second kappa shape index (κ2) is 13.2. The van der Waals surface area contributed by atoms with Crippen molar-refractivity contribution in [3.63, 3.8) is 0 Å². The highest BCUT2D eigenvalue weighted by molar-refractivity contribution is 7.92. The average molecular weight is 574 g/mol. The largest absolute Gasteiger partial charge is 0.497 e. The first-order chi connectivity index (χ1) is 19.1. The van der Waals surface area contributed by atoms with Crippen LogP contribution in [0.5, 0.6) is 11.5 Å². The van der Waals surface area contributed by atoms with Crippen molar-refractivity contribution in [2.24, 2.45) is 11.8 Å². The number of carbonyl (C=O) groups is 1. The average Bonchev–Trinajstić information content (AvgIpc) is 2.95. The molecule has 3 atom stereocenters. The van der Waals surface area contributed by atoms with Gasteiger partial charge >= 0.3 is 0 Å². The number of rotatable bonds is 10. The van der Waals surface area contributed by atoms with Crippen LogP contribution >= 0.6 is 0 Å². The van der Waals surface area contributed by atoms with Gasteiger partial charge in [0.2, 0.25) is 0 Å². The Morgan fingerprint density at radius 1 is 1.12 bits per heavy atom. The van der Waals surface area contributed by atoms with Crippen molar-refractivity contribution >= 4 is 21.6 Å². The molecule has 4 rings (SSSR count). The number of carbonyl (C=O) groups excluding carboxylic acids is 1. The van der Waals surface area contributed by atoms with Crippen molar-refractivity contribution in [2.75, 3.05) is 45.1 Å². The zero-order chi connectivity index (χ0) is 28.9. The van der Waals surface area contributed by atoms with Crippen LogP contribution in [0, 0.1) is 11.8 Å². The fourth-order valence-electron chi connectivity index (χ4n) is 5.67. The summed E-state index contributed by atoms with van der Waals surface area (Å²) in [6, 6.07) is 10.5. The molecule has 1 heterocycles. The van der Waals surface area contributed by atoms with E-state index in [2.05, 4.69) is 23.6 Å². The first-order valence-corrected chi connectivity index (χ1v) is 15.7. The monoisotopic (exact) mass is 573 g/mol. The highest BCUT2D eigenvalue weighted by Gasteiger charge is 2.34. The summed E-state index contributed by atoms with van der Waals surface area (Å²) in [7, 11) is -0.261. The third kappa shape index (κ3) is 7.27. The van der Waals surface area contributed by atoms with Gasteiger partial charge < -0.3 is 24.4 Å². The number of aliphatic hydroxyl groups is 1. The van der Waals surface area contributed by atoms with Crippen molar-refractivity contribution in [3.05, 3.63) is 48.0 Å². The molecule has 0 saturated heterocycles. The third-order valence-electron chi connectivity index (χ3n) is 8.07. The second-order valence-electron chi connectivity index (χ2n) is 11.3. The highest BCUT2D eigenvalue weighted by atomic mass is 32.2. The third-order valence-corrected chi connectivity index (χ3v) is 9.47. The quantitative estimate of drug-likeness (QED) is 0.438. The number of fused-ring (bicyclic) bond motifs is 1. The number of methoxy groups -OCH3 is 1. The van der Waals surface area contributed by atoms with Crippen LogP contribution in [0.4, 0.5) is 5.69 Å². The van der Waals surface area contributed by atoms with Gasteiger partial charge in [0.1, 0.15) is 17.6 Å². The molecule has 2 aromatic rings. The Balaban J connectivity index is 1.59. The maximum Gasteiger partial charge on any atom is 0.261 e. The van der Waals surface area contributed by atoms with E-state index in [1.165, 1.54) is 57.4 Å². The lowest BCUT2D eigenvalue weighted by molar-refractivity contribution is 0.0330. The van der Waals surface area contributed by atoms with E-state index in [9.17, 15) is 18.3 Å². The van der Waals surface area contributed by atoms with Crippen LogP contribution in [0.2, 0.25) is 0 Å². The van der Waals surface area contributed by atoms with Crippen molar-refractivity contribution in [2.45, 2.75) is 63.0 Å². The van der Waals surface area contributed by atoms with E-state index in [0.717, 1.165) is 6.54 Å². The maximum absolute atomic E-state index is 13.7. The van der Waals surface area contributed by atoms with E-state index in [1.807, 2.05) is 6.92 Å². The number of nitrogens with one attached hydrogen (secondary N) is 1. The summed E-state index contributed by atoms with van der Waals surface area (Å²) in [6.45, 7) is 5.85. The lowest BCUT2D eigenvalue weighted by Crippen LogP contribution is -2.50. The minimum atomic E-state index is -3.90. The smallest absolute Gasteiger partial charge is 0.261 e. The Morgan fingerprint density at radius 3 is 2.48 bits per heavy atom. The normalized spacial score (nSPS) is 21.2. The van der Waals surface area contributed by atoms with Gasteiger partial charge in [-0.05, 0) is 75.2 Å². The summed E-state index contributed by atoms with van der Waals surface area (Å²) >= 11 is 0. The molecule has 40 heavy (non-hydrogen) atoms. The van der Waals surface area contributed by atoms with Gasteiger partial charge in [-0.2, -0.15) is 0 Å². The number of sulfonamides is 1. The molecular weight excluding hydrogens is 530 g/mol. The molecule has 2 aliphatic rings. The topological polar surface area (TPSA) is 108 Å². The van der Waals surface area contributed by atoms with Gasteiger partial charge in [-0.25, -0.2) is 8.42 Å². The Hall–Kier alpha value is -2.82. The fourth-order valence-corrected chi connectivity index (χ4v) is 6.71. The van der Waals surface area contributed by atoms with Crippen molar-refractivity contribution < 1.29 is 27.8 Å². The van der Waals surface area contributed by atoms with Crippen LogP contribution in [-0.4, -0.2) is 81.8 Å². The lowest BCUT2D eigenvalue weighted by atomic mass is 9.89. The molecule has 1 aliphatic heterocycles. The van der Waals surface area contributed by atoms with E-state index < -0.39 is 16.1 Å². The van der Waals surface area contributed by atoms with E-state index in [-0.39, 0.29) is 40.7 Å². The Kier molecular flexibility index (Phi) is 9.97. The zero-order valence-corrected chi connectivity index (χ0v) is 24.8. The minimum absolute atomic E-state index is 0.0214. The first kappa shape index (κ1) is 30.1. The molecule has 1 aliphatic carbocycles. The van der Waals surface area contributed by atoms with Gasteiger partial charge in [-0.3, -0.25) is 9.52 Å². The molecule has 1 saturated carbocycles. The summed E-state index contributed by atoms with van der Waals surface area (Å²) in [5.41, 5.74) is 0.518. The molecule has 1 fully saturated rings. The van der Waals surface area contributed by atoms with Crippen molar-refractivity contribution in [1.29, 1.82) is 0 Å². The molecule has 1 amide bonds. The molecule has 2 aromatic carbocycles. The summed E-state index contributed by atoms with van der Waals surface area (Å²) in [5.74, 6) is 1.38. The van der Waals surface area contributed by atoms with E-state index in [1.54, 1.807) is 29.2 Å². The molecule has 2 N–H and O–H groups in total. The summed E-state index contributed by atoms with van der Waals surface area (Å²) in [5, 5.41) is 9.93. The van der Waals surface area contributed by atoms with Gasteiger partial charge in [0.15, 0.2) is 0 Å². The van der Waals surface area contributed by atoms with Gasteiger partial charge in [-0.1, -0.05) is 26.2 Å². The van der Waals surface area contributed by atoms with Crippen LogP contribution in [0.1, 0.15) is 56.3 Å². The van der Waals surface area contributed by atoms with Crippen LogP contribution in [-0.2, 0) is 10.0 Å². The number of anilines is 1. The van der Waals surface area contributed by atoms with Gasteiger partial charge in [0.25, 0.3) is 15.9 Å². The van der Waals surface area contributed by atoms with Gasteiger partial charge in [0, 0.05) is 31.2 Å². The highest BCUT2D eigenvalue weighted by Crippen LogP contribution is 2.32. The molecule has 10 heteroatoms. The SMILES string of the molecule is COc1ccc(S(=O)(=O)Nc2ccc3c(c2)C(=O)N([C@H](C)CO)C[C@H](C)[C@H](CN(C)CC2CCCCC2)O3)cc1. The summed E-state index contributed by atoms with van der Waals surface area (Å²) in [6.07, 6.45) is 6.26. The number of nitrogens with zero attached hydrogens (tertiary/aromatic N) is 2. The van der Waals surface area contributed by atoms with Crippen LogP contribution in [0.25, 0.3) is 0 Å². The van der Waals surface area contributed by atoms with Crippen LogP contribution in [0.3, 0.4) is 0 Å².